The summed E-state index contributed by atoms with van der Waals surface area (Å²) in [6.45, 7) is 1.90. The Hall–Kier alpha value is -2.54. The zero-order valence-corrected chi connectivity index (χ0v) is 17.9. The van der Waals surface area contributed by atoms with Gasteiger partial charge in [0.2, 0.25) is 0 Å². The van der Waals surface area contributed by atoms with Gasteiger partial charge in [0, 0.05) is 15.3 Å². The zero-order chi connectivity index (χ0) is 22.2. The van der Waals surface area contributed by atoms with Crippen molar-refractivity contribution < 1.29 is 23.1 Å². The van der Waals surface area contributed by atoms with Crippen molar-refractivity contribution in [3.05, 3.63) is 64.0 Å². The Morgan fingerprint density at radius 2 is 1.77 bits per heavy atom. The third-order valence-electron chi connectivity index (χ3n) is 6.16. The zero-order valence-electron chi connectivity index (χ0n) is 17.1. The smallest absolute Gasteiger partial charge is 0.416 e. The molecule has 0 amide bonds. The molecule has 0 bridgehead atoms. The summed E-state index contributed by atoms with van der Waals surface area (Å²) in [6.07, 6.45) is 1.25. The minimum Gasteiger partial charge on any atom is -0.478 e. The third-order valence-corrected chi connectivity index (χ3v) is 7.51. The highest BCUT2D eigenvalue weighted by atomic mass is 32.1. The number of benzene rings is 2. The van der Waals surface area contributed by atoms with Crippen LogP contribution in [0, 0.1) is 12.8 Å². The number of carboxylic acids is 1. The van der Waals surface area contributed by atoms with E-state index in [-0.39, 0.29) is 11.6 Å². The van der Waals surface area contributed by atoms with E-state index in [1.165, 1.54) is 12.5 Å². The van der Waals surface area contributed by atoms with Gasteiger partial charge in [-0.2, -0.15) is 13.2 Å². The first-order chi connectivity index (χ1) is 14.7. The van der Waals surface area contributed by atoms with E-state index in [0.717, 1.165) is 52.6 Å². The van der Waals surface area contributed by atoms with Crippen LogP contribution in [-0.4, -0.2) is 11.1 Å². The van der Waals surface area contributed by atoms with E-state index in [1.54, 1.807) is 41.7 Å². The summed E-state index contributed by atoms with van der Waals surface area (Å²) in [5, 5.41) is 13.4. The van der Waals surface area contributed by atoms with Crippen molar-refractivity contribution in [2.75, 3.05) is 5.32 Å². The summed E-state index contributed by atoms with van der Waals surface area (Å²) in [5.74, 6) is -0.599. The highest BCUT2D eigenvalue weighted by molar-refractivity contribution is 7.19. The molecule has 3 nitrogen and oxygen atoms in total. The molecular formula is C24H24F3NO2S. The molecule has 7 heteroatoms. The minimum absolute atomic E-state index is 0.0253. The Balaban J connectivity index is 1.73. The van der Waals surface area contributed by atoms with Crippen LogP contribution in [-0.2, 0) is 6.18 Å². The first kappa shape index (κ1) is 21.7. The van der Waals surface area contributed by atoms with Crippen LogP contribution in [0.25, 0.3) is 10.1 Å². The number of aryl methyl sites for hydroxylation is 1. The Kier molecular flexibility index (Phi) is 5.97. The molecule has 1 atom stereocenters. The largest absolute Gasteiger partial charge is 0.478 e. The minimum atomic E-state index is -4.37. The average molecular weight is 448 g/mol. The number of fused-ring (bicyclic) bond motifs is 1. The summed E-state index contributed by atoms with van der Waals surface area (Å²) >= 11 is 1.55. The number of hydrogen-bond donors (Lipinski definition) is 2. The Bertz CT molecular complexity index is 1080. The van der Waals surface area contributed by atoms with Crippen LogP contribution in [0.3, 0.4) is 0 Å². The van der Waals surface area contributed by atoms with E-state index in [2.05, 4.69) is 5.32 Å². The predicted octanol–water partition coefficient (Wildman–Crippen LogP) is 7.66. The van der Waals surface area contributed by atoms with Gasteiger partial charge in [0.05, 0.1) is 17.2 Å². The molecule has 1 aliphatic carbocycles. The second-order valence-corrected chi connectivity index (χ2v) is 9.29. The van der Waals surface area contributed by atoms with Crippen molar-refractivity contribution in [2.24, 2.45) is 5.92 Å². The Labute approximate surface area is 182 Å². The summed E-state index contributed by atoms with van der Waals surface area (Å²) in [4.78, 5) is 12.2. The second kappa shape index (κ2) is 8.54. The lowest BCUT2D eigenvalue weighted by molar-refractivity contribution is -0.137. The predicted molar refractivity (Wildman–Crippen MR) is 118 cm³/mol. The molecular weight excluding hydrogens is 423 g/mol. The molecule has 3 aromatic rings. The van der Waals surface area contributed by atoms with Crippen molar-refractivity contribution >= 4 is 33.1 Å². The molecule has 0 saturated heterocycles. The lowest BCUT2D eigenvalue weighted by atomic mass is 9.82. The van der Waals surface area contributed by atoms with E-state index < -0.39 is 17.7 Å². The van der Waals surface area contributed by atoms with Crippen molar-refractivity contribution in [3.8, 4) is 0 Å². The highest BCUT2D eigenvalue weighted by Gasteiger charge is 2.32. The summed E-state index contributed by atoms with van der Waals surface area (Å²) < 4.78 is 40.5. The summed E-state index contributed by atoms with van der Waals surface area (Å²) in [7, 11) is 0. The SMILES string of the molecule is Cc1c(C(Nc2ccc(C(=O)O)cc2)C2CCCCC2)sc2ccc(C(F)(F)F)cc12. The van der Waals surface area contributed by atoms with Crippen LogP contribution in [0.1, 0.15) is 64.5 Å². The van der Waals surface area contributed by atoms with Crippen LogP contribution in [0.2, 0.25) is 0 Å². The molecule has 1 saturated carbocycles. The molecule has 164 valence electrons. The summed E-state index contributed by atoms with van der Waals surface area (Å²) in [6, 6.07) is 10.6. The number of halogens is 3. The molecule has 1 aromatic heterocycles. The molecule has 1 aliphatic rings. The van der Waals surface area contributed by atoms with Crippen molar-refractivity contribution in [1.82, 2.24) is 0 Å². The maximum atomic E-state index is 13.2. The fourth-order valence-corrected chi connectivity index (χ4v) is 5.80. The molecule has 0 aliphatic heterocycles. The van der Waals surface area contributed by atoms with Gasteiger partial charge in [0.15, 0.2) is 0 Å². The number of carboxylic acid groups (broad SMARTS) is 1. The number of hydrogen-bond acceptors (Lipinski definition) is 3. The molecule has 0 radical (unpaired) electrons. The molecule has 0 spiro atoms. The van der Waals surface area contributed by atoms with E-state index >= 15 is 0 Å². The maximum Gasteiger partial charge on any atom is 0.416 e. The van der Waals surface area contributed by atoms with Gasteiger partial charge >= 0.3 is 12.1 Å². The first-order valence-corrected chi connectivity index (χ1v) is 11.3. The maximum absolute atomic E-state index is 13.2. The number of aromatic carboxylic acids is 1. The number of alkyl halides is 3. The normalized spacial score (nSPS) is 16.4. The van der Waals surface area contributed by atoms with Gasteiger partial charge in [-0.15, -0.1) is 11.3 Å². The molecule has 2 N–H and O–H groups in total. The van der Waals surface area contributed by atoms with Crippen LogP contribution in [0.4, 0.5) is 18.9 Å². The Morgan fingerprint density at radius 1 is 1.10 bits per heavy atom. The van der Waals surface area contributed by atoms with Gasteiger partial charge in [-0.05, 0) is 79.1 Å². The fraction of sp³-hybridized carbons (Fsp3) is 0.375. The lowest BCUT2D eigenvalue weighted by Gasteiger charge is -2.31. The van der Waals surface area contributed by atoms with Crippen LogP contribution in [0.15, 0.2) is 42.5 Å². The molecule has 4 rings (SSSR count). The molecule has 1 heterocycles. The third kappa shape index (κ3) is 4.56. The lowest BCUT2D eigenvalue weighted by Crippen LogP contribution is -2.23. The van der Waals surface area contributed by atoms with Gasteiger partial charge in [-0.3, -0.25) is 0 Å². The first-order valence-electron chi connectivity index (χ1n) is 10.4. The number of nitrogens with one attached hydrogen (secondary N) is 1. The van der Waals surface area contributed by atoms with Crippen molar-refractivity contribution in [2.45, 2.75) is 51.2 Å². The Morgan fingerprint density at radius 3 is 2.39 bits per heavy atom. The summed E-state index contributed by atoms with van der Waals surface area (Å²) in [5.41, 5.74) is 1.29. The molecule has 1 fully saturated rings. The van der Waals surface area contributed by atoms with E-state index in [9.17, 15) is 18.0 Å². The molecule has 2 aromatic carbocycles. The van der Waals surface area contributed by atoms with Crippen LogP contribution >= 0.6 is 11.3 Å². The van der Waals surface area contributed by atoms with Crippen LogP contribution in [0.5, 0.6) is 0 Å². The van der Waals surface area contributed by atoms with Gasteiger partial charge in [0.25, 0.3) is 0 Å². The van der Waals surface area contributed by atoms with Crippen molar-refractivity contribution in [1.29, 1.82) is 0 Å². The van der Waals surface area contributed by atoms with Gasteiger partial charge < -0.3 is 10.4 Å². The van der Waals surface area contributed by atoms with E-state index in [4.69, 9.17) is 5.11 Å². The quantitative estimate of drug-likeness (QED) is 0.422. The van der Waals surface area contributed by atoms with Gasteiger partial charge in [-0.1, -0.05) is 19.3 Å². The number of carbonyl (C=O) groups is 1. The van der Waals surface area contributed by atoms with E-state index in [1.807, 2.05) is 6.92 Å². The molecule has 1 unspecified atom stereocenters. The van der Waals surface area contributed by atoms with Crippen LogP contribution < -0.4 is 5.32 Å². The van der Waals surface area contributed by atoms with Gasteiger partial charge in [0.1, 0.15) is 0 Å². The average Bonchev–Trinajstić information content (AvgIpc) is 3.08. The molecule has 31 heavy (non-hydrogen) atoms. The number of thiophene rings is 1. The topological polar surface area (TPSA) is 49.3 Å². The van der Waals surface area contributed by atoms with Crippen molar-refractivity contribution in [3.63, 3.8) is 0 Å². The second-order valence-electron chi connectivity index (χ2n) is 8.20. The number of rotatable bonds is 5. The van der Waals surface area contributed by atoms with E-state index in [0.29, 0.717) is 11.3 Å². The number of anilines is 1. The standard InChI is InChI=1S/C24H24F3NO2S/c1-14-19-13-17(24(25,26)27)9-12-20(19)31-22(14)21(15-5-3-2-4-6-15)28-18-10-7-16(8-11-18)23(29)30/h7-13,15,21,28H,2-6H2,1H3,(H,29,30). The monoisotopic (exact) mass is 447 g/mol. The highest BCUT2D eigenvalue weighted by Crippen LogP contribution is 2.44. The van der Waals surface area contributed by atoms with Gasteiger partial charge in [-0.25, -0.2) is 4.79 Å². The fourth-order valence-electron chi connectivity index (χ4n) is 4.47.